The number of fused-ring (bicyclic) bond motifs is 20. The highest BCUT2D eigenvalue weighted by molar-refractivity contribution is 8.23. The number of hydrogen-bond acceptors (Lipinski definition) is 11. The molecule has 10 nitrogen and oxygen atoms in total. The molecule has 260 valence electrons. The zero-order valence-corrected chi connectivity index (χ0v) is 29.4. The molecule has 17 unspecified atom stereocenters. The molecule has 0 spiro atoms. The van der Waals surface area contributed by atoms with Crippen molar-refractivity contribution in [2.75, 3.05) is 5.75 Å². The van der Waals surface area contributed by atoms with Gasteiger partial charge in [0.25, 0.3) is 0 Å². The van der Waals surface area contributed by atoms with E-state index < -0.39 is 0 Å². The predicted molar refractivity (Wildman–Crippen MR) is 188 cm³/mol. The molecular formula is C35H57N9OS2. The Morgan fingerprint density at radius 2 is 0.809 bits per heavy atom. The second kappa shape index (κ2) is 12.7. The summed E-state index contributed by atoms with van der Waals surface area (Å²) in [6.07, 6.45) is 21.6. The van der Waals surface area contributed by atoms with Gasteiger partial charge in [-0.3, -0.25) is 52.2 Å². The molecular weight excluding hydrogens is 627 g/mol. The van der Waals surface area contributed by atoms with Gasteiger partial charge in [0.15, 0.2) is 0 Å². The molecule has 6 heterocycles. The fourth-order valence-corrected chi connectivity index (χ4v) is 14.2. The van der Waals surface area contributed by atoms with Gasteiger partial charge in [0, 0.05) is 12.0 Å². The van der Waals surface area contributed by atoms with Gasteiger partial charge >= 0.3 is 0 Å². The maximum absolute atomic E-state index is 13.3. The number of amides is 1. The van der Waals surface area contributed by atoms with Gasteiger partial charge in [-0.15, -0.1) is 0 Å². The van der Waals surface area contributed by atoms with E-state index >= 15 is 0 Å². The van der Waals surface area contributed by atoms with E-state index in [9.17, 15) is 4.79 Å². The highest BCUT2D eigenvalue weighted by atomic mass is 32.2. The lowest BCUT2D eigenvalue weighted by Gasteiger charge is -2.42. The van der Waals surface area contributed by atoms with E-state index in [1.165, 1.54) is 83.5 Å². The third-order valence-electron chi connectivity index (χ3n) is 15.0. The number of nitrogens with zero attached hydrogens (tertiary/aromatic N) is 1. The van der Waals surface area contributed by atoms with Crippen molar-refractivity contribution < 1.29 is 4.79 Å². The van der Waals surface area contributed by atoms with E-state index in [1.54, 1.807) is 11.8 Å². The molecule has 47 heavy (non-hydrogen) atoms. The molecule has 6 aliphatic heterocycles. The van der Waals surface area contributed by atoms with E-state index in [-0.39, 0.29) is 30.4 Å². The van der Waals surface area contributed by atoms with Crippen molar-refractivity contribution in [2.45, 2.75) is 152 Å². The first-order valence-electron chi connectivity index (χ1n) is 19.7. The van der Waals surface area contributed by atoms with Crippen LogP contribution in [0.5, 0.6) is 0 Å². The molecule has 4 aliphatic carbocycles. The predicted octanol–water partition coefficient (Wildman–Crippen LogP) is 2.44. The third-order valence-corrected chi connectivity index (χ3v) is 16.4. The maximum Gasteiger partial charge on any atom is 0.238 e. The molecule has 1 amide bonds. The molecule has 12 heteroatoms. The normalized spacial score (nSPS) is 54.2. The lowest BCUT2D eigenvalue weighted by atomic mass is 9.74. The molecule has 8 N–H and O–H groups in total. The summed E-state index contributed by atoms with van der Waals surface area (Å²) in [5.74, 6) is 5.45. The highest BCUT2D eigenvalue weighted by Gasteiger charge is 2.57. The van der Waals surface area contributed by atoms with Crippen molar-refractivity contribution in [3.05, 3.63) is 0 Å². The topological polar surface area (TPSA) is 117 Å². The van der Waals surface area contributed by atoms with Gasteiger partial charge in [-0.2, -0.15) is 0 Å². The van der Waals surface area contributed by atoms with Crippen LogP contribution in [-0.4, -0.2) is 76.2 Å². The van der Waals surface area contributed by atoms with Gasteiger partial charge in [-0.25, -0.2) is 0 Å². The quantitative estimate of drug-likeness (QED) is 0.195. The largest absolute Gasteiger partial charge is 0.293 e. The molecule has 0 aromatic carbocycles. The van der Waals surface area contributed by atoms with Crippen LogP contribution in [0.15, 0.2) is 0 Å². The minimum atomic E-state index is 0.130. The van der Waals surface area contributed by atoms with Crippen molar-refractivity contribution in [1.82, 2.24) is 47.4 Å². The number of carbonyl (C=O) groups is 1. The summed E-state index contributed by atoms with van der Waals surface area (Å²) in [7, 11) is 0. The summed E-state index contributed by atoms with van der Waals surface area (Å²) in [6.45, 7) is 0. The molecule has 10 fully saturated rings. The van der Waals surface area contributed by atoms with Crippen LogP contribution in [0.2, 0.25) is 0 Å². The number of hydrogen-bond donors (Lipinski definition) is 8. The van der Waals surface area contributed by atoms with Crippen LogP contribution in [0.1, 0.15) is 96.3 Å². The minimum absolute atomic E-state index is 0.130. The smallest absolute Gasteiger partial charge is 0.238 e. The maximum atomic E-state index is 13.3. The second-order valence-electron chi connectivity index (χ2n) is 17.0. The molecule has 0 aromatic rings. The number of thioether (sulfide) groups is 1. The molecule has 6 saturated heterocycles. The summed E-state index contributed by atoms with van der Waals surface area (Å²) in [5.41, 5.74) is 0. The van der Waals surface area contributed by atoms with Crippen LogP contribution in [0.4, 0.5) is 0 Å². The Bertz CT molecular complexity index is 1210. The van der Waals surface area contributed by atoms with Crippen molar-refractivity contribution in [3.63, 3.8) is 0 Å². The van der Waals surface area contributed by atoms with Crippen LogP contribution in [0.3, 0.4) is 0 Å². The van der Waals surface area contributed by atoms with Crippen LogP contribution < -0.4 is 42.5 Å². The van der Waals surface area contributed by atoms with Crippen LogP contribution in [0, 0.1) is 47.3 Å². The summed E-state index contributed by atoms with van der Waals surface area (Å²) in [6, 6.07) is 0.164. The molecule has 17 atom stereocenters. The Balaban J connectivity index is 1.01. The van der Waals surface area contributed by atoms with Gasteiger partial charge < -0.3 is 0 Å². The van der Waals surface area contributed by atoms with Gasteiger partial charge in [0.1, 0.15) is 4.32 Å². The molecule has 0 radical (unpaired) electrons. The van der Waals surface area contributed by atoms with Crippen molar-refractivity contribution in [2.24, 2.45) is 47.3 Å². The van der Waals surface area contributed by atoms with Crippen molar-refractivity contribution in [1.29, 1.82) is 0 Å². The zero-order valence-electron chi connectivity index (χ0n) is 27.8. The average Bonchev–Trinajstić information content (AvgIpc) is 3.89. The van der Waals surface area contributed by atoms with E-state index in [0.717, 1.165) is 17.2 Å². The van der Waals surface area contributed by atoms with Crippen LogP contribution in [0.25, 0.3) is 0 Å². The highest BCUT2D eigenvalue weighted by Crippen LogP contribution is 2.47. The molecule has 0 aromatic heterocycles. The monoisotopic (exact) mass is 683 g/mol. The minimum Gasteiger partial charge on any atom is -0.293 e. The first-order valence-corrected chi connectivity index (χ1v) is 21.1. The number of nitrogens with one attached hydrogen (secondary N) is 8. The van der Waals surface area contributed by atoms with Crippen molar-refractivity contribution >= 4 is 34.2 Å². The number of carbonyl (C=O) groups excluding carboxylic acids is 1. The Morgan fingerprint density at radius 3 is 1.17 bits per heavy atom. The number of rotatable bonds is 1. The van der Waals surface area contributed by atoms with Crippen LogP contribution in [-0.2, 0) is 4.79 Å². The third kappa shape index (κ3) is 5.32. The summed E-state index contributed by atoms with van der Waals surface area (Å²) in [5, 5.41) is 33.7. The standard InChI is InChI=1S/C35H57N9OS2/c45-25-16-47-35(46)44(25)24-15-7-14-23-26(24)34-42-32-22-13-6-5-12-21(22)30(40-32)38-28-18-9-2-1-8-17(18)27(36-28)37-29-19-10-3-4-11-20(19)31(39-29)41-33(23)43-34/h17-24,26-34,36-43H,1-16H2. The SMILES string of the molecule is O=C1CSC(=S)N1C1CCCC2C3NC4NC(NC5NC(NC6NC(NC(N3)C21)C1CCCCC61)C1CCCCC51)C1CCCCC41. The molecule has 10 rings (SSSR count). The van der Waals surface area contributed by atoms with E-state index in [0.29, 0.717) is 83.9 Å². The van der Waals surface area contributed by atoms with Gasteiger partial charge in [-0.05, 0) is 92.8 Å². The molecule has 4 saturated carbocycles. The van der Waals surface area contributed by atoms with Gasteiger partial charge in [0.2, 0.25) is 5.91 Å². The summed E-state index contributed by atoms with van der Waals surface area (Å²) < 4.78 is 0.796. The van der Waals surface area contributed by atoms with E-state index in [1.807, 2.05) is 4.90 Å². The van der Waals surface area contributed by atoms with E-state index in [4.69, 9.17) is 12.2 Å². The Labute approximate surface area is 290 Å². The zero-order chi connectivity index (χ0) is 31.2. The lowest BCUT2D eigenvalue weighted by molar-refractivity contribution is -0.127. The first-order chi connectivity index (χ1) is 23.1. The lowest BCUT2D eigenvalue weighted by Crippen LogP contribution is -2.62. The molecule has 10 aliphatic rings. The second-order valence-corrected chi connectivity index (χ2v) is 18.7. The summed E-state index contributed by atoms with van der Waals surface area (Å²) >= 11 is 7.40. The fraction of sp³-hybridized carbons (Fsp3) is 0.943. The molecule has 8 bridgehead atoms. The van der Waals surface area contributed by atoms with E-state index in [2.05, 4.69) is 42.5 Å². The number of thiocarbonyl (C=S) groups is 1. The Morgan fingerprint density at radius 1 is 0.468 bits per heavy atom. The van der Waals surface area contributed by atoms with Crippen LogP contribution >= 0.6 is 24.0 Å². The first kappa shape index (κ1) is 31.3. The van der Waals surface area contributed by atoms with Crippen molar-refractivity contribution in [3.8, 4) is 0 Å². The fourth-order valence-electron chi connectivity index (χ4n) is 13.0. The average molecular weight is 684 g/mol. The Hall–Kier alpha value is -0.410. The summed E-state index contributed by atoms with van der Waals surface area (Å²) in [4.78, 5) is 15.3. The van der Waals surface area contributed by atoms with Gasteiger partial charge in [0.05, 0.1) is 55.1 Å². The Kier molecular flexibility index (Phi) is 8.45. The van der Waals surface area contributed by atoms with Gasteiger partial charge in [-0.1, -0.05) is 68.9 Å².